The van der Waals surface area contributed by atoms with E-state index in [2.05, 4.69) is 40.1 Å². The highest BCUT2D eigenvalue weighted by atomic mass is 32.2. The Morgan fingerprint density at radius 2 is 1.77 bits per heavy atom. The molecule has 1 aromatic carbocycles. The maximum Gasteiger partial charge on any atom is 0.326 e. The standard InChI is InChI=1S/C24H26FN9O4S/c25-14-1-9-18(10-2-14)39(37,38)33-17-7-5-15(6-8-17)27-22-30-20-13(11-19-21(35)31-24(36)29-19)12-26-34(20)23(32-22)28-16-3-4-16/h1-2,9-12,15-17,33,35H,3-8H2,(H,27,28,32)(H2,29,31,36). The molecule has 4 aromatic rings. The largest absolute Gasteiger partial charge is 0.493 e. The minimum Gasteiger partial charge on any atom is -0.493 e. The SMILES string of the molecule is O=c1[nH]c(O)c(C=c2cnn3c(=NC4CC4)nc(NC4CCC(NS(=O)(=O)c5ccc(F)cc5)CC4)nc23)[nH]1. The fourth-order valence-corrected chi connectivity index (χ4v) is 5.89. The van der Waals surface area contributed by atoms with Gasteiger partial charge >= 0.3 is 5.69 Å². The molecule has 0 bridgehead atoms. The van der Waals surface area contributed by atoms with Gasteiger partial charge in [-0.15, -0.1) is 0 Å². The summed E-state index contributed by atoms with van der Waals surface area (Å²) in [6, 6.07) is 4.70. The molecule has 0 radical (unpaired) electrons. The number of aromatic nitrogens is 6. The lowest BCUT2D eigenvalue weighted by Gasteiger charge is -2.29. The second-order valence-electron chi connectivity index (χ2n) is 9.80. The molecule has 2 saturated carbocycles. The minimum atomic E-state index is -3.74. The fourth-order valence-electron chi connectivity index (χ4n) is 4.58. The van der Waals surface area contributed by atoms with Gasteiger partial charge in [-0.3, -0.25) is 4.98 Å². The van der Waals surface area contributed by atoms with Gasteiger partial charge in [-0.25, -0.2) is 27.3 Å². The molecule has 15 heteroatoms. The molecule has 5 N–H and O–H groups in total. The fraction of sp³-hybridized carbons (Fsp3) is 0.375. The Bertz CT molecular complexity index is 1800. The van der Waals surface area contributed by atoms with E-state index in [4.69, 9.17) is 0 Å². The summed E-state index contributed by atoms with van der Waals surface area (Å²) in [6.45, 7) is 0. The van der Waals surface area contributed by atoms with Crippen molar-refractivity contribution < 1.29 is 17.9 Å². The molecule has 2 aliphatic rings. The summed E-state index contributed by atoms with van der Waals surface area (Å²) >= 11 is 0. The summed E-state index contributed by atoms with van der Waals surface area (Å²) < 4.78 is 42.8. The highest BCUT2D eigenvalue weighted by Crippen LogP contribution is 2.24. The third kappa shape index (κ3) is 5.54. The van der Waals surface area contributed by atoms with E-state index in [1.165, 1.54) is 16.6 Å². The summed E-state index contributed by atoms with van der Waals surface area (Å²) in [5, 5.41) is 18.2. The zero-order valence-electron chi connectivity index (χ0n) is 20.6. The Labute approximate surface area is 221 Å². The van der Waals surface area contributed by atoms with Gasteiger partial charge in [0.15, 0.2) is 5.65 Å². The van der Waals surface area contributed by atoms with Crippen molar-refractivity contribution in [1.82, 2.24) is 34.3 Å². The third-order valence-corrected chi connectivity index (χ3v) is 8.30. The van der Waals surface area contributed by atoms with Crippen LogP contribution in [0.1, 0.15) is 44.2 Å². The molecule has 0 saturated heterocycles. The maximum absolute atomic E-state index is 13.2. The van der Waals surface area contributed by atoms with Crippen LogP contribution in [0.15, 0.2) is 45.1 Å². The first-order valence-electron chi connectivity index (χ1n) is 12.6. The lowest BCUT2D eigenvalue weighted by Crippen LogP contribution is -2.40. The van der Waals surface area contributed by atoms with Crippen molar-refractivity contribution in [3.05, 3.63) is 63.3 Å². The second kappa shape index (κ2) is 9.89. The van der Waals surface area contributed by atoms with Crippen LogP contribution < -0.4 is 26.6 Å². The summed E-state index contributed by atoms with van der Waals surface area (Å²) in [5.74, 6) is -0.423. The van der Waals surface area contributed by atoms with Crippen LogP contribution in [-0.4, -0.2) is 61.2 Å². The Morgan fingerprint density at radius 1 is 1.05 bits per heavy atom. The average Bonchev–Trinajstić information content (AvgIpc) is 3.53. The van der Waals surface area contributed by atoms with Crippen molar-refractivity contribution in [2.75, 3.05) is 5.32 Å². The van der Waals surface area contributed by atoms with Crippen LogP contribution in [0.3, 0.4) is 0 Å². The summed E-state index contributed by atoms with van der Waals surface area (Å²) in [7, 11) is -3.74. The van der Waals surface area contributed by atoms with Gasteiger partial charge in [-0.1, -0.05) is 0 Å². The van der Waals surface area contributed by atoms with Crippen LogP contribution in [0.25, 0.3) is 11.7 Å². The molecule has 3 heterocycles. The van der Waals surface area contributed by atoms with Crippen molar-refractivity contribution in [2.24, 2.45) is 4.99 Å². The number of nitrogens with zero attached hydrogens (tertiary/aromatic N) is 5. The highest BCUT2D eigenvalue weighted by molar-refractivity contribution is 7.89. The van der Waals surface area contributed by atoms with Gasteiger partial charge in [0.2, 0.25) is 21.9 Å². The van der Waals surface area contributed by atoms with E-state index >= 15 is 0 Å². The monoisotopic (exact) mass is 555 g/mol. The smallest absolute Gasteiger partial charge is 0.326 e. The van der Waals surface area contributed by atoms with E-state index < -0.39 is 21.5 Å². The highest BCUT2D eigenvalue weighted by Gasteiger charge is 2.27. The summed E-state index contributed by atoms with van der Waals surface area (Å²) in [4.78, 5) is 30.2. The number of hydrogen-bond acceptors (Lipinski definition) is 9. The number of benzene rings is 1. The van der Waals surface area contributed by atoms with E-state index in [0.29, 0.717) is 48.1 Å². The first-order valence-corrected chi connectivity index (χ1v) is 14.1. The number of aromatic hydroxyl groups is 1. The van der Waals surface area contributed by atoms with Crippen molar-refractivity contribution in [3.63, 3.8) is 0 Å². The molecule has 0 unspecified atom stereocenters. The number of hydrogen-bond donors (Lipinski definition) is 5. The molecular weight excluding hydrogens is 529 g/mol. The van der Waals surface area contributed by atoms with Crippen LogP contribution in [0, 0.1) is 5.82 Å². The minimum absolute atomic E-state index is 0.00762. The molecule has 39 heavy (non-hydrogen) atoms. The second-order valence-corrected chi connectivity index (χ2v) is 11.5. The number of aromatic amines is 2. The predicted molar refractivity (Wildman–Crippen MR) is 138 cm³/mol. The van der Waals surface area contributed by atoms with Gasteiger partial charge in [0, 0.05) is 17.3 Å². The average molecular weight is 556 g/mol. The number of sulfonamides is 1. The Morgan fingerprint density at radius 3 is 2.44 bits per heavy atom. The van der Waals surface area contributed by atoms with Crippen molar-refractivity contribution in [3.8, 4) is 5.88 Å². The Kier molecular flexibility index (Phi) is 6.38. The van der Waals surface area contributed by atoms with Crippen LogP contribution in [0.5, 0.6) is 5.88 Å². The molecule has 204 valence electrons. The molecule has 13 nitrogen and oxygen atoms in total. The number of H-pyrrole nitrogens is 2. The van der Waals surface area contributed by atoms with Gasteiger partial charge < -0.3 is 15.4 Å². The Balaban J connectivity index is 1.21. The third-order valence-electron chi connectivity index (χ3n) is 6.76. The zero-order chi connectivity index (χ0) is 27.1. The van der Waals surface area contributed by atoms with E-state index in [-0.39, 0.29) is 34.6 Å². The van der Waals surface area contributed by atoms with Gasteiger partial charge in [0.05, 0.1) is 17.1 Å². The molecule has 3 aromatic heterocycles. The number of nitrogens with one attached hydrogen (secondary N) is 4. The van der Waals surface area contributed by atoms with Crippen molar-refractivity contribution >= 4 is 27.7 Å². The lowest BCUT2D eigenvalue weighted by atomic mass is 9.92. The summed E-state index contributed by atoms with van der Waals surface area (Å²) in [6.07, 6.45) is 7.63. The van der Waals surface area contributed by atoms with Gasteiger partial charge in [-0.05, 0) is 68.9 Å². The van der Waals surface area contributed by atoms with Gasteiger partial charge in [-0.2, -0.15) is 19.6 Å². The molecule has 6 rings (SSSR count). The lowest BCUT2D eigenvalue weighted by molar-refractivity contribution is 0.386. The normalized spacial score (nSPS) is 21.1. The quantitative estimate of drug-likeness (QED) is 0.216. The van der Waals surface area contributed by atoms with Crippen LogP contribution in [0.2, 0.25) is 0 Å². The van der Waals surface area contributed by atoms with E-state index in [1.807, 2.05) is 0 Å². The number of rotatable bonds is 7. The van der Waals surface area contributed by atoms with E-state index in [9.17, 15) is 22.7 Å². The number of fused-ring (bicyclic) bond motifs is 1. The molecule has 2 fully saturated rings. The van der Waals surface area contributed by atoms with Gasteiger partial charge in [0.1, 0.15) is 11.5 Å². The predicted octanol–water partition coefficient (Wildman–Crippen LogP) is 0.298. The zero-order valence-corrected chi connectivity index (χ0v) is 21.4. The topological polar surface area (TPSA) is 183 Å². The Hall–Kier alpha value is -4.11. The molecule has 0 amide bonds. The molecule has 0 atom stereocenters. The van der Waals surface area contributed by atoms with Crippen molar-refractivity contribution in [1.29, 1.82) is 0 Å². The first-order chi connectivity index (χ1) is 18.7. The number of imidazole rings is 1. The molecule has 2 aliphatic carbocycles. The van der Waals surface area contributed by atoms with Crippen LogP contribution in [0.4, 0.5) is 10.3 Å². The first kappa shape index (κ1) is 25.2. The molecular formula is C24H26FN9O4S. The van der Waals surface area contributed by atoms with Crippen LogP contribution in [-0.2, 0) is 10.0 Å². The van der Waals surface area contributed by atoms with Crippen LogP contribution >= 0.6 is 0 Å². The maximum atomic E-state index is 13.2. The van der Waals surface area contributed by atoms with Crippen molar-refractivity contribution in [2.45, 2.75) is 61.5 Å². The summed E-state index contributed by atoms with van der Waals surface area (Å²) in [5.41, 5.74) is 0.517. The van der Waals surface area contributed by atoms with E-state index in [1.54, 1.807) is 12.3 Å². The van der Waals surface area contributed by atoms with Gasteiger partial charge in [0.25, 0.3) is 5.62 Å². The molecule has 0 aliphatic heterocycles. The number of halogens is 1. The molecule has 0 spiro atoms. The van der Waals surface area contributed by atoms with E-state index in [0.717, 1.165) is 25.0 Å². The number of anilines is 1.